The second kappa shape index (κ2) is 24.8. The minimum Gasteiger partial charge on any atom is -0.348 e. The van der Waals surface area contributed by atoms with E-state index >= 15 is 0 Å². The number of hydrogen-bond donors (Lipinski definition) is 0. The first-order chi connectivity index (χ1) is 20.9. The molecule has 256 valence electrons. The first kappa shape index (κ1) is 42.6. The monoisotopic (exact) mass is 640 g/mol. The van der Waals surface area contributed by atoms with Gasteiger partial charge in [-0.25, -0.2) is 0 Å². The van der Waals surface area contributed by atoms with Gasteiger partial charge in [-0.3, -0.25) is 4.90 Å². The van der Waals surface area contributed by atoms with Gasteiger partial charge in [-0.15, -0.1) is 0 Å². The van der Waals surface area contributed by atoms with Crippen molar-refractivity contribution in [1.82, 2.24) is 4.90 Å². The van der Waals surface area contributed by atoms with Crippen LogP contribution < -0.4 is 4.90 Å². The van der Waals surface area contributed by atoms with E-state index in [1.54, 1.807) is 12.1 Å². The number of alkyl halides is 3. The van der Waals surface area contributed by atoms with Crippen LogP contribution in [0.4, 0.5) is 18.9 Å². The molecule has 1 aromatic rings. The Hall–Kier alpha value is -1.40. The highest BCUT2D eigenvalue weighted by Gasteiger charge is 2.45. The smallest absolute Gasteiger partial charge is 0.348 e. The Balaban J connectivity index is 0.000000692. The Bertz CT molecular complexity index is 882. The summed E-state index contributed by atoms with van der Waals surface area (Å²) in [4.78, 5) is 4.73. The average Bonchev–Trinajstić information content (AvgIpc) is 3.78. The zero-order chi connectivity index (χ0) is 33.4. The normalized spacial score (nSPS) is 14.5. The van der Waals surface area contributed by atoms with Gasteiger partial charge in [0.15, 0.2) is 0 Å². The highest BCUT2D eigenvalue weighted by Crippen LogP contribution is 2.44. The van der Waals surface area contributed by atoms with Crippen molar-refractivity contribution < 1.29 is 13.2 Å². The van der Waals surface area contributed by atoms with E-state index in [4.69, 9.17) is 0 Å². The number of hydrogen-bond acceptors (Lipinski definition) is 3. The Labute approximate surface area is 275 Å². The molecular weight excluding hydrogens is 573 g/mol. The van der Waals surface area contributed by atoms with Crippen molar-refractivity contribution in [3.8, 4) is 0 Å². The molecule has 1 aliphatic rings. The largest absolute Gasteiger partial charge is 0.393 e. The molecule has 0 heterocycles. The summed E-state index contributed by atoms with van der Waals surface area (Å²) in [6.45, 7) is 20.2. The summed E-state index contributed by atoms with van der Waals surface area (Å²) >= 11 is 2.09. The third kappa shape index (κ3) is 19.9. The molecule has 0 bridgehead atoms. The van der Waals surface area contributed by atoms with E-state index < -0.39 is 12.6 Å². The number of nitrogens with zero attached hydrogens (tertiary/aromatic N) is 2. The molecule has 0 radical (unpaired) electrons. The number of unbranched alkanes of at least 4 members (excludes halogenated alkanes) is 4. The van der Waals surface area contributed by atoms with E-state index in [2.05, 4.69) is 70.4 Å². The van der Waals surface area contributed by atoms with Gasteiger partial charge in [0.2, 0.25) is 0 Å². The molecule has 1 saturated carbocycles. The minimum atomic E-state index is -4.16. The van der Waals surface area contributed by atoms with Crippen LogP contribution in [0, 0.1) is 0 Å². The quantitative estimate of drug-likeness (QED) is 0.110. The molecule has 6 heteroatoms. The summed E-state index contributed by atoms with van der Waals surface area (Å²) in [5.41, 5.74) is 4.02. The molecule has 0 aromatic heterocycles. The minimum absolute atomic E-state index is 0.281. The Kier molecular flexibility index (Phi) is 24.0. The summed E-state index contributed by atoms with van der Waals surface area (Å²) in [5.74, 6) is 2.73. The maximum absolute atomic E-state index is 12.3. The van der Waals surface area contributed by atoms with Crippen LogP contribution in [0.15, 0.2) is 47.7 Å². The van der Waals surface area contributed by atoms with E-state index in [1.165, 1.54) is 113 Å². The fraction of sp³-hybridized carbons (Fsp3) is 0.737. The van der Waals surface area contributed by atoms with Gasteiger partial charge in [0.1, 0.15) is 0 Å². The predicted molar refractivity (Wildman–Crippen MR) is 193 cm³/mol. The van der Waals surface area contributed by atoms with Crippen molar-refractivity contribution in [2.45, 2.75) is 151 Å². The number of thioether (sulfide) groups is 1. The van der Waals surface area contributed by atoms with E-state index in [0.717, 1.165) is 17.8 Å². The SMILES string of the molecule is CC/C=C(C)\C=C(\C)N(C)c1ccc(CC(F)(F)F)cc1.CCCCCN(CCC)C1(CC)CC1.CCCCCSCCC. The zero-order valence-electron chi connectivity index (χ0n) is 29.9. The summed E-state index contributed by atoms with van der Waals surface area (Å²) < 4.78 is 37.0. The summed E-state index contributed by atoms with van der Waals surface area (Å²) in [6.07, 6.45) is 15.4. The first-order valence-electron chi connectivity index (χ1n) is 17.5. The average molecular weight is 641 g/mol. The summed E-state index contributed by atoms with van der Waals surface area (Å²) in [7, 11) is 1.91. The fourth-order valence-corrected chi connectivity index (χ4v) is 6.13. The van der Waals surface area contributed by atoms with Crippen LogP contribution in [0.3, 0.4) is 0 Å². The van der Waals surface area contributed by atoms with Crippen LogP contribution >= 0.6 is 11.8 Å². The van der Waals surface area contributed by atoms with Crippen LogP contribution in [0.1, 0.15) is 138 Å². The topological polar surface area (TPSA) is 6.48 Å². The van der Waals surface area contributed by atoms with Gasteiger partial charge in [0, 0.05) is 24.0 Å². The van der Waals surface area contributed by atoms with Crippen molar-refractivity contribution in [2.75, 3.05) is 36.5 Å². The van der Waals surface area contributed by atoms with Gasteiger partial charge in [-0.2, -0.15) is 24.9 Å². The van der Waals surface area contributed by atoms with Gasteiger partial charge in [0.05, 0.1) is 6.42 Å². The second-order valence-electron chi connectivity index (χ2n) is 12.3. The first-order valence-corrected chi connectivity index (χ1v) is 18.7. The lowest BCUT2D eigenvalue weighted by Crippen LogP contribution is -2.38. The van der Waals surface area contributed by atoms with E-state index in [0.29, 0.717) is 5.54 Å². The van der Waals surface area contributed by atoms with E-state index in [-0.39, 0.29) is 5.56 Å². The number of halogens is 3. The molecule has 0 saturated heterocycles. The third-order valence-electron chi connectivity index (χ3n) is 8.14. The molecule has 44 heavy (non-hydrogen) atoms. The van der Waals surface area contributed by atoms with Gasteiger partial charge in [0.25, 0.3) is 0 Å². The molecule has 2 nitrogen and oxygen atoms in total. The number of benzene rings is 1. The van der Waals surface area contributed by atoms with Gasteiger partial charge >= 0.3 is 6.18 Å². The van der Waals surface area contributed by atoms with Gasteiger partial charge < -0.3 is 4.90 Å². The van der Waals surface area contributed by atoms with Crippen LogP contribution in [-0.4, -0.2) is 48.3 Å². The number of anilines is 1. The van der Waals surface area contributed by atoms with Crippen LogP contribution in [0.25, 0.3) is 0 Å². The lowest BCUT2D eigenvalue weighted by atomic mass is 10.1. The zero-order valence-corrected chi connectivity index (χ0v) is 30.7. The van der Waals surface area contributed by atoms with Crippen molar-refractivity contribution in [1.29, 1.82) is 0 Å². The molecule has 0 aliphatic heterocycles. The number of allylic oxidation sites excluding steroid dienone is 4. The van der Waals surface area contributed by atoms with Crippen LogP contribution in [0.2, 0.25) is 0 Å². The Morgan fingerprint density at radius 1 is 0.818 bits per heavy atom. The van der Waals surface area contributed by atoms with Crippen LogP contribution in [0.5, 0.6) is 0 Å². The highest BCUT2D eigenvalue weighted by molar-refractivity contribution is 7.99. The summed E-state index contributed by atoms with van der Waals surface area (Å²) in [5, 5.41) is 0. The molecule has 1 fully saturated rings. The molecular formula is C38H67F3N2S. The second-order valence-corrected chi connectivity index (χ2v) is 13.5. The lowest BCUT2D eigenvalue weighted by Gasteiger charge is -2.31. The molecule has 0 N–H and O–H groups in total. The van der Waals surface area contributed by atoms with E-state index in [9.17, 15) is 13.2 Å². The molecule has 0 spiro atoms. The van der Waals surface area contributed by atoms with E-state index in [1.807, 2.05) is 25.8 Å². The standard InChI is InChI=1S/C17H22F3N.C13H27N.C8H18S/c1-5-6-13(2)11-14(3)21(4)16-9-7-15(8-10-16)12-17(18,19)20;1-4-7-8-12-14(11-5-2)13(6-3)9-10-13;1-3-5-6-8-9-7-4-2/h6-11H,5,12H2,1-4H3;4-12H2,1-3H3;3-8H2,1-2H3/b13-6-,14-11-;;. The van der Waals surface area contributed by atoms with Gasteiger partial charge in [-0.1, -0.05) is 91.0 Å². The van der Waals surface area contributed by atoms with Crippen molar-refractivity contribution in [3.63, 3.8) is 0 Å². The predicted octanol–water partition coefficient (Wildman–Crippen LogP) is 12.6. The number of rotatable bonds is 19. The maximum atomic E-state index is 12.3. The third-order valence-corrected chi connectivity index (χ3v) is 9.42. The highest BCUT2D eigenvalue weighted by atomic mass is 32.2. The van der Waals surface area contributed by atoms with Crippen molar-refractivity contribution in [3.05, 3.63) is 53.3 Å². The molecule has 0 atom stereocenters. The van der Waals surface area contributed by atoms with Crippen molar-refractivity contribution in [2.24, 2.45) is 0 Å². The molecule has 0 amide bonds. The Morgan fingerprint density at radius 3 is 1.91 bits per heavy atom. The molecule has 1 aromatic carbocycles. The van der Waals surface area contributed by atoms with Gasteiger partial charge in [-0.05, 0) is 114 Å². The summed E-state index contributed by atoms with van der Waals surface area (Å²) in [6, 6.07) is 6.50. The fourth-order valence-electron chi connectivity index (χ4n) is 5.23. The molecule has 0 unspecified atom stereocenters. The maximum Gasteiger partial charge on any atom is 0.393 e. The van der Waals surface area contributed by atoms with Crippen molar-refractivity contribution >= 4 is 17.4 Å². The molecule has 2 rings (SSSR count). The van der Waals surface area contributed by atoms with Crippen LogP contribution in [-0.2, 0) is 6.42 Å². The lowest BCUT2D eigenvalue weighted by molar-refractivity contribution is -0.127. The molecule has 1 aliphatic carbocycles. The Morgan fingerprint density at radius 2 is 1.43 bits per heavy atom.